The molecule has 1 aromatic carbocycles. The molecule has 0 saturated carbocycles. The van der Waals surface area contributed by atoms with Crippen LogP contribution >= 0.6 is 0 Å². The van der Waals surface area contributed by atoms with Gasteiger partial charge in [0.05, 0.1) is 0 Å². The fraction of sp³-hybridized carbons (Fsp3) is 0.125. The molecule has 96 valence electrons. The highest BCUT2D eigenvalue weighted by Gasteiger charge is 2.08. The number of pyridine rings is 1. The molecule has 0 fully saturated rings. The van der Waals surface area contributed by atoms with E-state index in [1.807, 2.05) is 49.4 Å². The van der Waals surface area contributed by atoms with Gasteiger partial charge in [-0.3, -0.25) is 4.79 Å². The Labute approximate surface area is 111 Å². The quantitative estimate of drug-likeness (QED) is 0.641. The Kier molecular flexibility index (Phi) is 3.47. The Morgan fingerprint density at radius 1 is 1.16 bits per heavy atom. The van der Waals surface area contributed by atoms with E-state index in [0.717, 1.165) is 22.8 Å². The first-order chi connectivity index (χ1) is 8.78. The summed E-state index contributed by atoms with van der Waals surface area (Å²) in [5.74, 6) is 0.680. The Balaban J connectivity index is 0.00000133. The maximum absolute atomic E-state index is 10.9. The van der Waals surface area contributed by atoms with Crippen molar-refractivity contribution in [3.63, 3.8) is 0 Å². The topological polar surface area (TPSA) is 43.1 Å². The standard InChI is InChI=1S/C15H11NO2.CH4/c1-10-6-7-12(16-13(10)9-17)15-8-11-4-2-3-5-14(11)18-15;/h2-9H,1H3;1H4. The van der Waals surface area contributed by atoms with Crippen LogP contribution in [-0.2, 0) is 0 Å². The number of aromatic nitrogens is 1. The molecule has 2 aromatic heterocycles. The maximum Gasteiger partial charge on any atom is 0.168 e. The van der Waals surface area contributed by atoms with Crippen LogP contribution < -0.4 is 0 Å². The molecule has 0 aliphatic carbocycles. The zero-order chi connectivity index (χ0) is 12.5. The van der Waals surface area contributed by atoms with Crippen LogP contribution in [0.15, 0.2) is 46.9 Å². The van der Waals surface area contributed by atoms with E-state index in [1.165, 1.54) is 0 Å². The molecular weight excluding hydrogens is 238 g/mol. The molecule has 3 heteroatoms. The van der Waals surface area contributed by atoms with Gasteiger partial charge in [0, 0.05) is 5.39 Å². The van der Waals surface area contributed by atoms with Crippen molar-refractivity contribution in [3.05, 3.63) is 53.7 Å². The van der Waals surface area contributed by atoms with Gasteiger partial charge in [0.25, 0.3) is 0 Å². The Morgan fingerprint density at radius 2 is 1.95 bits per heavy atom. The molecule has 0 atom stereocenters. The molecule has 0 unspecified atom stereocenters. The lowest BCUT2D eigenvalue weighted by Gasteiger charge is -2.00. The van der Waals surface area contributed by atoms with E-state index >= 15 is 0 Å². The lowest BCUT2D eigenvalue weighted by molar-refractivity contribution is 0.111. The van der Waals surface area contributed by atoms with Gasteiger partial charge in [-0.2, -0.15) is 0 Å². The molecule has 0 N–H and O–H groups in total. The zero-order valence-electron chi connectivity index (χ0n) is 9.88. The largest absolute Gasteiger partial charge is 0.454 e. The van der Waals surface area contributed by atoms with E-state index in [9.17, 15) is 4.79 Å². The van der Waals surface area contributed by atoms with Gasteiger partial charge < -0.3 is 4.42 Å². The second-order valence-corrected chi connectivity index (χ2v) is 4.16. The van der Waals surface area contributed by atoms with E-state index < -0.39 is 0 Å². The summed E-state index contributed by atoms with van der Waals surface area (Å²) >= 11 is 0. The van der Waals surface area contributed by atoms with Crippen LogP contribution in [0.25, 0.3) is 22.4 Å². The molecular formula is C16H15NO2. The van der Waals surface area contributed by atoms with Gasteiger partial charge in [-0.15, -0.1) is 0 Å². The molecule has 2 heterocycles. The summed E-state index contributed by atoms with van der Waals surface area (Å²) in [4.78, 5) is 15.2. The molecule has 3 nitrogen and oxygen atoms in total. The maximum atomic E-state index is 10.9. The molecule has 0 bridgehead atoms. The predicted octanol–water partition coefficient (Wildman–Crippen LogP) is 4.25. The van der Waals surface area contributed by atoms with Crippen LogP contribution in [0.4, 0.5) is 0 Å². The number of aldehydes is 1. The number of hydrogen-bond acceptors (Lipinski definition) is 3. The number of carbonyl (C=O) groups is 1. The minimum atomic E-state index is 0. The van der Waals surface area contributed by atoms with Crippen LogP contribution in [0.1, 0.15) is 23.5 Å². The number of nitrogens with zero attached hydrogens (tertiary/aromatic N) is 1. The third-order valence-corrected chi connectivity index (χ3v) is 2.93. The van der Waals surface area contributed by atoms with Crippen molar-refractivity contribution < 1.29 is 9.21 Å². The van der Waals surface area contributed by atoms with E-state index in [1.54, 1.807) is 0 Å². The number of benzene rings is 1. The highest BCUT2D eigenvalue weighted by molar-refractivity contribution is 5.83. The van der Waals surface area contributed by atoms with Gasteiger partial charge >= 0.3 is 0 Å². The summed E-state index contributed by atoms with van der Waals surface area (Å²) in [5, 5.41) is 1.03. The van der Waals surface area contributed by atoms with E-state index in [0.29, 0.717) is 17.1 Å². The Morgan fingerprint density at radius 3 is 2.68 bits per heavy atom. The van der Waals surface area contributed by atoms with Crippen LogP contribution in [0.3, 0.4) is 0 Å². The van der Waals surface area contributed by atoms with Crippen molar-refractivity contribution in [1.82, 2.24) is 4.98 Å². The normalized spacial score (nSPS) is 10.2. The molecule has 0 saturated heterocycles. The monoisotopic (exact) mass is 253 g/mol. The number of hydrogen-bond donors (Lipinski definition) is 0. The first-order valence-corrected chi connectivity index (χ1v) is 5.70. The average molecular weight is 253 g/mol. The van der Waals surface area contributed by atoms with Crippen molar-refractivity contribution in [2.24, 2.45) is 0 Å². The Bertz CT molecular complexity index is 695. The number of fused-ring (bicyclic) bond motifs is 1. The van der Waals surface area contributed by atoms with Gasteiger partial charge in [-0.1, -0.05) is 31.7 Å². The second kappa shape index (κ2) is 5.06. The first kappa shape index (κ1) is 13.0. The lowest BCUT2D eigenvalue weighted by Crippen LogP contribution is -1.93. The summed E-state index contributed by atoms with van der Waals surface area (Å²) in [6.07, 6.45) is 0.765. The molecule has 0 spiro atoms. The van der Waals surface area contributed by atoms with Gasteiger partial charge in [0.1, 0.15) is 17.0 Å². The van der Waals surface area contributed by atoms with E-state index in [4.69, 9.17) is 4.42 Å². The summed E-state index contributed by atoms with van der Waals surface area (Å²) in [5.41, 5.74) is 2.82. The summed E-state index contributed by atoms with van der Waals surface area (Å²) in [6, 6.07) is 13.4. The molecule has 0 amide bonds. The van der Waals surface area contributed by atoms with Crippen LogP contribution in [0, 0.1) is 6.92 Å². The minimum Gasteiger partial charge on any atom is -0.454 e. The Hall–Kier alpha value is -2.42. The van der Waals surface area contributed by atoms with Crippen molar-refractivity contribution in [2.75, 3.05) is 0 Å². The molecule has 0 aliphatic heterocycles. The van der Waals surface area contributed by atoms with Crippen LogP contribution in [-0.4, -0.2) is 11.3 Å². The van der Waals surface area contributed by atoms with Crippen molar-refractivity contribution in [2.45, 2.75) is 14.4 Å². The number of para-hydroxylation sites is 1. The fourth-order valence-corrected chi connectivity index (χ4v) is 1.91. The average Bonchev–Trinajstić information content (AvgIpc) is 2.83. The molecule has 19 heavy (non-hydrogen) atoms. The van der Waals surface area contributed by atoms with E-state index in [2.05, 4.69) is 4.98 Å². The molecule has 3 aromatic rings. The predicted molar refractivity (Wildman–Crippen MR) is 76.3 cm³/mol. The van der Waals surface area contributed by atoms with Gasteiger partial charge in [0.2, 0.25) is 0 Å². The number of carbonyl (C=O) groups excluding carboxylic acids is 1. The second-order valence-electron chi connectivity index (χ2n) is 4.16. The van der Waals surface area contributed by atoms with Crippen molar-refractivity contribution >= 4 is 17.3 Å². The summed E-state index contributed by atoms with van der Waals surface area (Å²) in [7, 11) is 0. The fourth-order valence-electron chi connectivity index (χ4n) is 1.91. The smallest absolute Gasteiger partial charge is 0.168 e. The molecule has 3 rings (SSSR count). The van der Waals surface area contributed by atoms with Gasteiger partial charge in [0.15, 0.2) is 12.0 Å². The number of rotatable bonds is 2. The first-order valence-electron chi connectivity index (χ1n) is 5.70. The van der Waals surface area contributed by atoms with Gasteiger partial charge in [-0.25, -0.2) is 4.98 Å². The lowest BCUT2D eigenvalue weighted by atomic mass is 10.2. The van der Waals surface area contributed by atoms with Gasteiger partial charge in [-0.05, 0) is 30.7 Å². The number of aryl methyl sites for hydroxylation is 1. The summed E-state index contributed by atoms with van der Waals surface area (Å²) in [6.45, 7) is 1.86. The highest BCUT2D eigenvalue weighted by Crippen LogP contribution is 2.26. The van der Waals surface area contributed by atoms with Crippen LogP contribution in [0.5, 0.6) is 0 Å². The zero-order valence-corrected chi connectivity index (χ0v) is 9.88. The summed E-state index contributed by atoms with van der Waals surface area (Å²) < 4.78 is 5.72. The van der Waals surface area contributed by atoms with Crippen molar-refractivity contribution in [1.29, 1.82) is 0 Å². The SMILES string of the molecule is C.Cc1ccc(-c2cc3ccccc3o2)nc1C=O. The third-order valence-electron chi connectivity index (χ3n) is 2.93. The number of furan rings is 1. The van der Waals surface area contributed by atoms with E-state index in [-0.39, 0.29) is 7.43 Å². The van der Waals surface area contributed by atoms with Crippen molar-refractivity contribution in [3.8, 4) is 11.5 Å². The molecule has 0 radical (unpaired) electrons. The third kappa shape index (κ3) is 2.27. The minimum absolute atomic E-state index is 0. The highest BCUT2D eigenvalue weighted by atomic mass is 16.3. The van der Waals surface area contributed by atoms with Crippen LogP contribution in [0.2, 0.25) is 0 Å². The molecule has 0 aliphatic rings.